The normalized spacial score (nSPS) is 15.7. The van der Waals surface area contributed by atoms with Crippen molar-refractivity contribution in [2.45, 2.75) is 38.1 Å². The van der Waals surface area contributed by atoms with Gasteiger partial charge in [0.1, 0.15) is 0 Å². The Bertz CT molecular complexity index is 672. The molecule has 1 aromatic heterocycles. The molecule has 0 unspecified atom stereocenters. The van der Waals surface area contributed by atoms with E-state index in [1.54, 1.807) is 0 Å². The minimum absolute atomic E-state index is 0.321. The zero-order chi connectivity index (χ0) is 16.4. The van der Waals surface area contributed by atoms with Gasteiger partial charge in [-0.25, -0.2) is 0 Å². The maximum atomic E-state index is 4.61. The minimum atomic E-state index is 0.321. The number of benzene rings is 1. The summed E-state index contributed by atoms with van der Waals surface area (Å²) in [7, 11) is 4.14. The van der Waals surface area contributed by atoms with E-state index in [-0.39, 0.29) is 0 Å². The third kappa shape index (κ3) is 3.56. The number of hydrogen-bond donors (Lipinski definition) is 1. The summed E-state index contributed by atoms with van der Waals surface area (Å²) in [6.07, 6.45) is 4.50. The maximum absolute atomic E-state index is 4.61. The van der Waals surface area contributed by atoms with Crippen LogP contribution in [0, 0.1) is 0 Å². The van der Waals surface area contributed by atoms with Gasteiger partial charge in [0.15, 0.2) is 0 Å². The van der Waals surface area contributed by atoms with Crippen molar-refractivity contribution in [3.8, 4) is 11.3 Å². The smallest absolute Gasteiger partial charge is 0.0705 e. The van der Waals surface area contributed by atoms with Crippen molar-refractivity contribution < 1.29 is 0 Å². The van der Waals surface area contributed by atoms with Crippen molar-refractivity contribution in [3.05, 3.63) is 48.2 Å². The second-order valence-corrected chi connectivity index (χ2v) is 7.19. The molecule has 0 bridgehead atoms. The highest BCUT2D eigenvalue weighted by Gasteiger charge is 2.44. The molecule has 3 rings (SSSR count). The fraction of sp³-hybridized carbons (Fsp3) is 0.450. The third-order valence-corrected chi connectivity index (χ3v) is 4.73. The van der Waals surface area contributed by atoms with Crippen LogP contribution in [0.2, 0.25) is 0 Å². The third-order valence-electron chi connectivity index (χ3n) is 4.73. The molecule has 2 aromatic rings. The molecular weight excluding hydrogens is 282 g/mol. The predicted octanol–water partition coefficient (Wildman–Crippen LogP) is 3.84. The van der Waals surface area contributed by atoms with E-state index < -0.39 is 0 Å². The summed E-state index contributed by atoms with van der Waals surface area (Å²) >= 11 is 0. The Kier molecular flexibility index (Phi) is 4.40. The first kappa shape index (κ1) is 16.0. The zero-order valence-electron chi connectivity index (χ0n) is 14.6. The van der Waals surface area contributed by atoms with Gasteiger partial charge in [-0.15, -0.1) is 0 Å². The number of aromatic nitrogens is 1. The molecule has 3 heteroatoms. The Hall–Kier alpha value is -1.87. The van der Waals surface area contributed by atoms with Crippen LogP contribution in [0.1, 0.15) is 32.3 Å². The highest BCUT2D eigenvalue weighted by molar-refractivity contribution is 5.66. The molecule has 1 aromatic carbocycles. The van der Waals surface area contributed by atoms with Crippen molar-refractivity contribution >= 4 is 5.69 Å². The summed E-state index contributed by atoms with van der Waals surface area (Å²) in [5.41, 5.74) is 5.21. The lowest BCUT2D eigenvalue weighted by molar-refractivity contribution is 0.520. The van der Waals surface area contributed by atoms with E-state index in [1.807, 2.05) is 6.20 Å². The van der Waals surface area contributed by atoms with Gasteiger partial charge in [-0.05, 0) is 42.7 Å². The summed E-state index contributed by atoms with van der Waals surface area (Å²) in [6.45, 7) is 5.48. The molecule has 1 saturated carbocycles. The average molecular weight is 309 g/mol. The lowest BCUT2D eigenvalue weighted by atomic mass is 9.94. The second-order valence-electron chi connectivity index (χ2n) is 7.19. The SMILES string of the molecule is CC(C)NCC1(c2ccnc(-c3cccc(N(C)C)c3)c2)CC1. The molecular formula is C20H27N3. The standard InChI is InChI=1S/C20H27N3/c1-15(2)22-14-20(9-10-20)17-8-11-21-19(13-17)16-6-5-7-18(12-16)23(3)4/h5-8,11-13,15,22H,9-10,14H2,1-4H3. The van der Waals surface area contributed by atoms with Gasteiger partial charge in [-0.3, -0.25) is 4.98 Å². The number of hydrogen-bond acceptors (Lipinski definition) is 3. The molecule has 1 heterocycles. The van der Waals surface area contributed by atoms with Gasteiger partial charge in [0.2, 0.25) is 0 Å². The van der Waals surface area contributed by atoms with Crippen molar-refractivity contribution in [2.75, 3.05) is 25.5 Å². The largest absolute Gasteiger partial charge is 0.378 e. The first-order valence-electron chi connectivity index (χ1n) is 8.48. The molecule has 1 fully saturated rings. The van der Waals surface area contributed by atoms with Crippen molar-refractivity contribution in [2.24, 2.45) is 0 Å². The van der Waals surface area contributed by atoms with Gasteiger partial charge < -0.3 is 10.2 Å². The number of pyridine rings is 1. The van der Waals surface area contributed by atoms with Gasteiger partial charge in [0, 0.05) is 49.5 Å². The van der Waals surface area contributed by atoms with E-state index in [9.17, 15) is 0 Å². The molecule has 3 nitrogen and oxygen atoms in total. The summed E-state index contributed by atoms with van der Waals surface area (Å²) < 4.78 is 0. The van der Waals surface area contributed by atoms with E-state index in [1.165, 1.54) is 29.7 Å². The highest BCUT2D eigenvalue weighted by atomic mass is 15.1. The fourth-order valence-corrected chi connectivity index (χ4v) is 2.98. The summed E-state index contributed by atoms with van der Waals surface area (Å²) in [6, 6.07) is 13.6. The van der Waals surface area contributed by atoms with Crippen LogP contribution in [-0.4, -0.2) is 31.7 Å². The number of rotatable bonds is 6. The lowest BCUT2D eigenvalue weighted by Gasteiger charge is -2.19. The van der Waals surface area contributed by atoms with Gasteiger partial charge >= 0.3 is 0 Å². The molecule has 0 atom stereocenters. The van der Waals surface area contributed by atoms with Crippen LogP contribution in [0.25, 0.3) is 11.3 Å². The molecule has 23 heavy (non-hydrogen) atoms. The first-order valence-corrected chi connectivity index (χ1v) is 8.48. The van der Waals surface area contributed by atoms with Crippen LogP contribution in [0.15, 0.2) is 42.6 Å². The van der Waals surface area contributed by atoms with E-state index in [0.717, 1.165) is 12.2 Å². The van der Waals surface area contributed by atoms with Crippen LogP contribution >= 0.6 is 0 Å². The summed E-state index contributed by atoms with van der Waals surface area (Å²) in [4.78, 5) is 6.73. The molecule has 1 aliphatic rings. The van der Waals surface area contributed by atoms with Crippen LogP contribution < -0.4 is 10.2 Å². The topological polar surface area (TPSA) is 28.2 Å². The van der Waals surface area contributed by atoms with Crippen LogP contribution in [0.5, 0.6) is 0 Å². The van der Waals surface area contributed by atoms with Crippen molar-refractivity contribution in [3.63, 3.8) is 0 Å². The Labute approximate surface area is 139 Å². The van der Waals surface area contributed by atoms with Crippen molar-refractivity contribution in [1.82, 2.24) is 10.3 Å². The van der Waals surface area contributed by atoms with E-state index in [4.69, 9.17) is 0 Å². The van der Waals surface area contributed by atoms with Gasteiger partial charge in [-0.2, -0.15) is 0 Å². The van der Waals surface area contributed by atoms with Crippen molar-refractivity contribution in [1.29, 1.82) is 0 Å². The molecule has 122 valence electrons. The van der Waals surface area contributed by atoms with E-state index >= 15 is 0 Å². The Morgan fingerprint density at radius 2 is 1.96 bits per heavy atom. The summed E-state index contributed by atoms with van der Waals surface area (Å²) in [5, 5.41) is 3.60. The van der Waals surface area contributed by atoms with Crippen LogP contribution in [0.3, 0.4) is 0 Å². The van der Waals surface area contributed by atoms with Crippen LogP contribution in [-0.2, 0) is 5.41 Å². The predicted molar refractivity (Wildman–Crippen MR) is 98.1 cm³/mol. The first-order chi connectivity index (χ1) is 11.0. The molecule has 1 N–H and O–H groups in total. The Morgan fingerprint density at radius 1 is 1.17 bits per heavy atom. The molecule has 1 aliphatic carbocycles. The zero-order valence-corrected chi connectivity index (χ0v) is 14.6. The molecule has 0 spiro atoms. The Balaban J connectivity index is 1.87. The highest BCUT2D eigenvalue weighted by Crippen LogP contribution is 2.48. The Morgan fingerprint density at radius 3 is 2.61 bits per heavy atom. The van der Waals surface area contributed by atoms with Gasteiger partial charge in [0.05, 0.1) is 5.69 Å². The van der Waals surface area contributed by atoms with Crippen LogP contribution in [0.4, 0.5) is 5.69 Å². The minimum Gasteiger partial charge on any atom is -0.378 e. The monoisotopic (exact) mass is 309 g/mol. The number of anilines is 1. The van der Waals surface area contributed by atoms with E-state index in [0.29, 0.717) is 11.5 Å². The average Bonchev–Trinajstić information content (AvgIpc) is 3.34. The molecule has 0 radical (unpaired) electrons. The molecule has 0 saturated heterocycles. The number of nitrogens with one attached hydrogen (secondary N) is 1. The van der Waals surface area contributed by atoms with Gasteiger partial charge in [-0.1, -0.05) is 26.0 Å². The molecule has 0 aliphatic heterocycles. The van der Waals surface area contributed by atoms with Gasteiger partial charge in [0.25, 0.3) is 0 Å². The molecule has 0 amide bonds. The quantitative estimate of drug-likeness (QED) is 0.878. The lowest BCUT2D eigenvalue weighted by Crippen LogP contribution is -2.32. The summed E-state index contributed by atoms with van der Waals surface area (Å²) in [5.74, 6) is 0. The maximum Gasteiger partial charge on any atom is 0.0705 e. The number of nitrogens with zero attached hydrogens (tertiary/aromatic N) is 2. The fourth-order valence-electron chi connectivity index (χ4n) is 2.98. The van der Waals surface area contributed by atoms with E-state index in [2.05, 4.69) is 79.5 Å². The second kappa shape index (κ2) is 6.32.